The molecule has 0 radical (unpaired) electrons. The third kappa shape index (κ3) is 2.75. The van der Waals surface area contributed by atoms with Crippen molar-refractivity contribution in [2.45, 2.75) is 38.8 Å². The summed E-state index contributed by atoms with van der Waals surface area (Å²) in [6.07, 6.45) is -1.25. The molecule has 0 unspecified atom stereocenters. The van der Waals surface area contributed by atoms with Crippen LogP contribution in [0.2, 0.25) is 0 Å². The lowest BCUT2D eigenvalue weighted by molar-refractivity contribution is -0.132. The van der Waals surface area contributed by atoms with E-state index in [1.54, 1.807) is 11.8 Å². The second kappa shape index (κ2) is 5.51. The van der Waals surface area contributed by atoms with Crippen LogP contribution in [0, 0.1) is 0 Å². The molecular formula is C11H14F2N4O3. The van der Waals surface area contributed by atoms with Gasteiger partial charge < -0.3 is 10.0 Å². The summed E-state index contributed by atoms with van der Waals surface area (Å²) in [6.45, 7) is 1.85. The van der Waals surface area contributed by atoms with Gasteiger partial charge in [-0.25, -0.2) is 18.3 Å². The van der Waals surface area contributed by atoms with Crippen molar-refractivity contribution in [3.63, 3.8) is 0 Å². The molecule has 1 aromatic rings. The van der Waals surface area contributed by atoms with Crippen LogP contribution in [0.5, 0.6) is 0 Å². The Balaban J connectivity index is 2.20. The molecule has 1 saturated carbocycles. The lowest BCUT2D eigenvalue weighted by atomic mass is 10.3. The van der Waals surface area contributed by atoms with E-state index >= 15 is 0 Å². The largest absolute Gasteiger partial charge is 0.476 e. The molecule has 1 aliphatic carbocycles. The van der Waals surface area contributed by atoms with Crippen molar-refractivity contribution in [3.8, 4) is 0 Å². The highest BCUT2D eigenvalue weighted by molar-refractivity contribution is 5.86. The summed E-state index contributed by atoms with van der Waals surface area (Å²) in [5, 5.41) is 15.3. The first kappa shape index (κ1) is 14.4. The van der Waals surface area contributed by atoms with E-state index in [4.69, 9.17) is 5.11 Å². The fraction of sp³-hybridized carbons (Fsp3) is 0.636. The van der Waals surface area contributed by atoms with E-state index in [0.717, 1.165) is 12.8 Å². The Bertz CT molecular complexity index is 528. The highest BCUT2D eigenvalue weighted by atomic mass is 19.3. The predicted octanol–water partition coefficient (Wildman–Crippen LogP) is 0.925. The van der Waals surface area contributed by atoms with Crippen molar-refractivity contribution < 1.29 is 23.5 Å². The third-order valence-corrected chi connectivity index (χ3v) is 3.12. The predicted molar refractivity (Wildman–Crippen MR) is 62.3 cm³/mol. The molecule has 1 aromatic heterocycles. The van der Waals surface area contributed by atoms with Gasteiger partial charge in [-0.05, 0) is 19.8 Å². The van der Waals surface area contributed by atoms with Gasteiger partial charge in [0.05, 0.1) is 0 Å². The number of carbonyl (C=O) groups excluding carboxylic acids is 1. The van der Waals surface area contributed by atoms with Gasteiger partial charge in [0.25, 0.3) is 6.43 Å². The smallest absolute Gasteiger partial charge is 0.358 e. The van der Waals surface area contributed by atoms with Crippen LogP contribution in [0.25, 0.3) is 0 Å². The summed E-state index contributed by atoms with van der Waals surface area (Å²) in [5.74, 6) is -1.95. The number of amides is 1. The molecule has 1 heterocycles. The number of hydrogen-bond acceptors (Lipinski definition) is 4. The molecule has 110 valence electrons. The van der Waals surface area contributed by atoms with E-state index in [9.17, 15) is 18.4 Å². The van der Waals surface area contributed by atoms with E-state index in [0.29, 0.717) is 11.2 Å². The number of carboxylic acids is 1. The summed E-state index contributed by atoms with van der Waals surface area (Å²) in [7, 11) is 0. The van der Waals surface area contributed by atoms with Crippen LogP contribution >= 0.6 is 0 Å². The zero-order chi connectivity index (χ0) is 14.9. The fourth-order valence-electron chi connectivity index (χ4n) is 2.05. The molecule has 1 fully saturated rings. The van der Waals surface area contributed by atoms with Crippen LogP contribution in [0.15, 0.2) is 0 Å². The van der Waals surface area contributed by atoms with Crippen LogP contribution in [-0.2, 0) is 11.3 Å². The molecule has 0 spiro atoms. The minimum absolute atomic E-state index is 0.157. The second-order valence-corrected chi connectivity index (χ2v) is 4.50. The van der Waals surface area contributed by atoms with Crippen molar-refractivity contribution in [2.75, 3.05) is 6.54 Å². The van der Waals surface area contributed by atoms with Gasteiger partial charge in [0.1, 0.15) is 12.2 Å². The van der Waals surface area contributed by atoms with Gasteiger partial charge in [-0.3, -0.25) is 4.79 Å². The number of aromatic carboxylic acids is 1. The molecular weight excluding hydrogens is 274 g/mol. The number of nitrogens with zero attached hydrogens (tertiary/aromatic N) is 4. The average molecular weight is 288 g/mol. The molecule has 0 saturated heterocycles. The Kier molecular flexibility index (Phi) is 3.96. The zero-order valence-corrected chi connectivity index (χ0v) is 10.8. The molecule has 2 rings (SSSR count). The van der Waals surface area contributed by atoms with E-state index in [1.165, 1.54) is 0 Å². The van der Waals surface area contributed by atoms with Gasteiger partial charge in [-0.2, -0.15) is 0 Å². The first-order valence-corrected chi connectivity index (χ1v) is 6.20. The minimum atomic E-state index is -3.06. The SMILES string of the molecule is CCN(C(=O)Cn1nnc(C(=O)O)c1C(F)F)C1CC1. The molecule has 1 N–H and O–H groups in total. The number of carboxylic acid groups (broad SMARTS) is 1. The number of hydrogen-bond donors (Lipinski definition) is 1. The number of carbonyl (C=O) groups is 2. The lowest BCUT2D eigenvalue weighted by Gasteiger charge is -2.20. The maximum atomic E-state index is 12.9. The van der Waals surface area contributed by atoms with Crippen LogP contribution < -0.4 is 0 Å². The van der Waals surface area contributed by atoms with Gasteiger partial charge in [0.15, 0.2) is 5.69 Å². The summed E-state index contributed by atoms with van der Waals surface area (Å²) < 4.78 is 26.5. The summed E-state index contributed by atoms with van der Waals surface area (Å²) in [6, 6.07) is 0.157. The summed E-state index contributed by atoms with van der Waals surface area (Å²) >= 11 is 0. The molecule has 0 aromatic carbocycles. The van der Waals surface area contributed by atoms with E-state index in [2.05, 4.69) is 10.3 Å². The standard InChI is InChI=1S/C11H14F2N4O3/c1-2-16(6-3-4-6)7(18)5-17-9(10(12)13)8(11(19)20)14-15-17/h6,10H,2-5H2,1H3,(H,19,20). The summed E-state index contributed by atoms with van der Waals surface area (Å²) in [4.78, 5) is 24.4. The number of halogens is 2. The van der Waals surface area contributed by atoms with Crippen molar-refractivity contribution in [3.05, 3.63) is 11.4 Å². The van der Waals surface area contributed by atoms with E-state index in [1.807, 2.05) is 0 Å². The van der Waals surface area contributed by atoms with Crippen molar-refractivity contribution in [1.82, 2.24) is 19.9 Å². The fourth-order valence-corrected chi connectivity index (χ4v) is 2.05. The number of likely N-dealkylation sites (N-methyl/N-ethyl adjacent to an activating group) is 1. The van der Waals surface area contributed by atoms with Crippen molar-refractivity contribution >= 4 is 11.9 Å². The quantitative estimate of drug-likeness (QED) is 0.841. The van der Waals surface area contributed by atoms with Crippen LogP contribution in [0.4, 0.5) is 8.78 Å². The molecule has 0 bridgehead atoms. The topological polar surface area (TPSA) is 88.3 Å². The second-order valence-electron chi connectivity index (χ2n) is 4.50. The zero-order valence-electron chi connectivity index (χ0n) is 10.8. The Morgan fingerprint density at radius 2 is 2.15 bits per heavy atom. The van der Waals surface area contributed by atoms with Gasteiger partial charge in [0, 0.05) is 12.6 Å². The first-order chi connectivity index (χ1) is 9.45. The number of alkyl halides is 2. The Morgan fingerprint density at radius 1 is 1.50 bits per heavy atom. The van der Waals surface area contributed by atoms with Crippen LogP contribution in [-0.4, -0.2) is 49.5 Å². The first-order valence-electron chi connectivity index (χ1n) is 6.20. The Hall–Kier alpha value is -2.06. The normalized spacial score (nSPS) is 14.6. The van der Waals surface area contributed by atoms with Gasteiger partial charge >= 0.3 is 5.97 Å². The third-order valence-electron chi connectivity index (χ3n) is 3.12. The highest BCUT2D eigenvalue weighted by Gasteiger charge is 2.33. The maximum Gasteiger partial charge on any atom is 0.358 e. The average Bonchev–Trinajstić information content (AvgIpc) is 3.09. The van der Waals surface area contributed by atoms with Crippen LogP contribution in [0.1, 0.15) is 42.4 Å². The molecule has 0 aliphatic heterocycles. The maximum absolute atomic E-state index is 12.9. The molecule has 7 nitrogen and oxygen atoms in total. The monoisotopic (exact) mass is 288 g/mol. The number of rotatable bonds is 6. The van der Waals surface area contributed by atoms with Gasteiger partial charge in [-0.1, -0.05) is 5.21 Å². The highest BCUT2D eigenvalue weighted by Crippen LogP contribution is 2.27. The molecule has 9 heteroatoms. The van der Waals surface area contributed by atoms with Gasteiger partial charge in [0.2, 0.25) is 5.91 Å². The lowest BCUT2D eigenvalue weighted by Crippen LogP contribution is -2.36. The molecule has 20 heavy (non-hydrogen) atoms. The Labute approximate surface area is 113 Å². The van der Waals surface area contributed by atoms with Crippen molar-refractivity contribution in [2.24, 2.45) is 0 Å². The van der Waals surface area contributed by atoms with Crippen molar-refractivity contribution in [1.29, 1.82) is 0 Å². The molecule has 0 atom stereocenters. The van der Waals surface area contributed by atoms with E-state index in [-0.39, 0.29) is 11.9 Å². The van der Waals surface area contributed by atoms with Gasteiger partial charge in [-0.15, -0.1) is 5.10 Å². The number of aromatic nitrogens is 3. The van der Waals surface area contributed by atoms with Crippen LogP contribution in [0.3, 0.4) is 0 Å². The minimum Gasteiger partial charge on any atom is -0.476 e. The summed E-state index contributed by atoms with van der Waals surface area (Å²) in [5.41, 5.74) is -1.65. The van der Waals surface area contributed by atoms with E-state index < -0.39 is 30.3 Å². The Morgan fingerprint density at radius 3 is 2.60 bits per heavy atom. The molecule has 1 amide bonds. The molecule has 1 aliphatic rings.